The Hall–Kier alpha value is -0.280. The quantitative estimate of drug-likeness (QED) is 0.725. The molecule has 2 rings (SSSR count). The van der Waals surface area contributed by atoms with Crippen molar-refractivity contribution in [1.29, 1.82) is 0 Å². The van der Waals surface area contributed by atoms with Gasteiger partial charge in [-0.05, 0) is 24.7 Å². The average Bonchev–Trinajstić information content (AvgIpc) is 2.67. The Kier molecular flexibility index (Phi) is 3.99. The van der Waals surface area contributed by atoms with E-state index in [2.05, 4.69) is 0 Å². The van der Waals surface area contributed by atoms with E-state index in [4.69, 9.17) is 16.3 Å². The van der Waals surface area contributed by atoms with Gasteiger partial charge in [0.25, 0.3) is 0 Å². The minimum absolute atomic E-state index is 0.110. The van der Waals surface area contributed by atoms with Gasteiger partial charge in [-0.1, -0.05) is 13.3 Å². The molecule has 1 aliphatic carbocycles. The summed E-state index contributed by atoms with van der Waals surface area (Å²) in [5.41, 5.74) is 0.343. The number of rotatable bonds is 4. The summed E-state index contributed by atoms with van der Waals surface area (Å²) >= 11 is 6.05. The lowest BCUT2D eigenvalue weighted by molar-refractivity contribution is -0.130. The monoisotopic (exact) mass is 259 g/mol. The lowest BCUT2D eigenvalue weighted by Crippen LogP contribution is -2.40. The molecule has 2 atom stereocenters. The van der Waals surface area contributed by atoms with Crippen LogP contribution < -0.4 is 0 Å². The van der Waals surface area contributed by atoms with Crippen LogP contribution in [0.1, 0.15) is 32.6 Å². The van der Waals surface area contributed by atoms with Gasteiger partial charge < -0.3 is 9.64 Å². The number of hydrogen-bond acceptors (Lipinski definition) is 2. The van der Waals surface area contributed by atoms with E-state index >= 15 is 0 Å². The van der Waals surface area contributed by atoms with E-state index < -0.39 is 0 Å². The molecule has 2 unspecified atom stereocenters. The fourth-order valence-electron chi connectivity index (χ4n) is 3.20. The van der Waals surface area contributed by atoms with Crippen molar-refractivity contribution in [2.75, 3.05) is 26.8 Å². The van der Waals surface area contributed by atoms with E-state index in [9.17, 15) is 4.79 Å². The highest BCUT2D eigenvalue weighted by Gasteiger charge is 2.51. The lowest BCUT2D eigenvalue weighted by atomic mass is 9.63. The normalized spacial score (nSPS) is 28.2. The third-order valence-corrected chi connectivity index (χ3v) is 4.96. The van der Waals surface area contributed by atoms with Gasteiger partial charge in [0.1, 0.15) is 5.38 Å². The third kappa shape index (κ3) is 2.32. The number of methoxy groups -OCH3 is 1. The third-order valence-electron chi connectivity index (χ3n) is 4.47. The first-order chi connectivity index (χ1) is 8.13. The Labute approximate surface area is 108 Å². The van der Waals surface area contributed by atoms with Crippen molar-refractivity contribution < 1.29 is 9.53 Å². The molecule has 4 heteroatoms. The average molecular weight is 260 g/mol. The molecular formula is C13H22ClNO2. The number of halogens is 1. The topological polar surface area (TPSA) is 29.5 Å². The predicted octanol–water partition coefficient (Wildman–Crippen LogP) is 2.28. The highest BCUT2D eigenvalue weighted by atomic mass is 35.5. The van der Waals surface area contributed by atoms with Crippen molar-refractivity contribution in [3.8, 4) is 0 Å². The van der Waals surface area contributed by atoms with Crippen LogP contribution in [0.25, 0.3) is 0 Å². The van der Waals surface area contributed by atoms with Gasteiger partial charge in [0.05, 0.1) is 6.61 Å². The fraction of sp³-hybridized carbons (Fsp3) is 0.923. The summed E-state index contributed by atoms with van der Waals surface area (Å²) < 4.78 is 5.30. The SMILES string of the molecule is CCC(Cl)C(=O)N1CC(COC)C2(CCC2)C1. The second-order valence-corrected chi connectivity index (χ2v) is 5.99. The Bertz CT molecular complexity index is 291. The van der Waals surface area contributed by atoms with E-state index in [1.165, 1.54) is 19.3 Å². The van der Waals surface area contributed by atoms with E-state index in [1.807, 2.05) is 11.8 Å². The van der Waals surface area contributed by atoms with Gasteiger partial charge in [0.2, 0.25) is 5.91 Å². The fourth-order valence-corrected chi connectivity index (χ4v) is 3.34. The number of nitrogens with zero attached hydrogens (tertiary/aromatic N) is 1. The number of likely N-dealkylation sites (tertiary alicyclic amines) is 1. The smallest absolute Gasteiger partial charge is 0.240 e. The van der Waals surface area contributed by atoms with Gasteiger partial charge in [-0.25, -0.2) is 0 Å². The minimum atomic E-state index is -0.353. The molecule has 3 nitrogen and oxygen atoms in total. The summed E-state index contributed by atoms with van der Waals surface area (Å²) in [5.74, 6) is 0.616. The molecular weight excluding hydrogens is 238 g/mol. The molecule has 0 aromatic rings. The van der Waals surface area contributed by atoms with Gasteiger partial charge in [0.15, 0.2) is 0 Å². The Morgan fingerprint density at radius 2 is 2.29 bits per heavy atom. The van der Waals surface area contributed by atoms with Crippen molar-refractivity contribution in [2.24, 2.45) is 11.3 Å². The number of carbonyl (C=O) groups excluding carboxylic acids is 1. The zero-order valence-electron chi connectivity index (χ0n) is 10.7. The maximum Gasteiger partial charge on any atom is 0.240 e. The van der Waals surface area contributed by atoms with Crippen LogP contribution in [-0.4, -0.2) is 43.0 Å². The van der Waals surface area contributed by atoms with Gasteiger partial charge in [-0.2, -0.15) is 0 Å². The Morgan fingerprint density at radius 3 is 2.76 bits per heavy atom. The Balaban J connectivity index is 2.01. The molecule has 17 heavy (non-hydrogen) atoms. The van der Waals surface area contributed by atoms with Crippen LogP contribution in [0.4, 0.5) is 0 Å². The van der Waals surface area contributed by atoms with Gasteiger partial charge in [-0.15, -0.1) is 11.6 Å². The predicted molar refractivity (Wildman–Crippen MR) is 68.2 cm³/mol. The van der Waals surface area contributed by atoms with Crippen molar-refractivity contribution in [3.63, 3.8) is 0 Å². The molecule has 1 saturated heterocycles. The molecule has 2 fully saturated rings. The molecule has 1 amide bonds. The second kappa shape index (κ2) is 5.15. The zero-order chi connectivity index (χ0) is 12.5. The maximum atomic E-state index is 12.1. The van der Waals surface area contributed by atoms with Crippen LogP contribution in [0.2, 0.25) is 0 Å². The molecule has 0 aromatic heterocycles. The van der Waals surface area contributed by atoms with Crippen molar-refractivity contribution in [2.45, 2.75) is 38.0 Å². The highest BCUT2D eigenvalue weighted by molar-refractivity contribution is 6.30. The van der Waals surface area contributed by atoms with Crippen LogP contribution in [0, 0.1) is 11.3 Å². The van der Waals surface area contributed by atoms with E-state index in [0.717, 1.165) is 19.7 Å². The van der Waals surface area contributed by atoms with Crippen LogP contribution in [-0.2, 0) is 9.53 Å². The largest absolute Gasteiger partial charge is 0.384 e. The van der Waals surface area contributed by atoms with Gasteiger partial charge in [-0.3, -0.25) is 4.79 Å². The number of carbonyl (C=O) groups is 1. The number of amides is 1. The first kappa shape index (κ1) is 13.2. The van der Waals surface area contributed by atoms with E-state index in [0.29, 0.717) is 17.8 Å². The van der Waals surface area contributed by atoms with Crippen molar-refractivity contribution in [1.82, 2.24) is 4.90 Å². The van der Waals surface area contributed by atoms with Crippen molar-refractivity contribution >= 4 is 17.5 Å². The zero-order valence-corrected chi connectivity index (χ0v) is 11.5. The first-order valence-corrected chi connectivity index (χ1v) is 6.98. The van der Waals surface area contributed by atoms with Crippen molar-refractivity contribution in [3.05, 3.63) is 0 Å². The maximum absolute atomic E-state index is 12.1. The van der Waals surface area contributed by atoms with Gasteiger partial charge in [0, 0.05) is 26.1 Å². The molecule has 1 aliphatic heterocycles. The summed E-state index contributed by atoms with van der Waals surface area (Å²) in [4.78, 5) is 14.1. The van der Waals surface area contributed by atoms with E-state index in [-0.39, 0.29) is 11.3 Å². The number of hydrogen-bond donors (Lipinski definition) is 0. The molecule has 98 valence electrons. The molecule has 0 aromatic carbocycles. The van der Waals surface area contributed by atoms with Crippen LogP contribution in [0.5, 0.6) is 0 Å². The minimum Gasteiger partial charge on any atom is -0.384 e. The summed E-state index contributed by atoms with van der Waals surface area (Å²) in [7, 11) is 1.74. The molecule has 0 N–H and O–H groups in total. The van der Waals surface area contributed by atoms with E-state index in [1.54, 1.807) is 7.11 Å². The van der Waals surface area contributed by atoms with Crippen LogP contribution in [0.15, 0.2) is 0 Å². The molecule has 2 aliphatic rings. The molecule has 1 spiro atoms. The summed E-state index contributed by atoms with van der Waals surface area (Å²) in [6.45, 7) is 4.44. The second-order valence-electron chi connectivity index (χ2n) is 5.46. The number of alkyl halides is 1. The van der Waals surface area contributed by atoms with Crippen LogP contribution >= 0.6 is 11.6 Å². The molecule has 1 heterocycles. The summed E-state index contributed by atoms with van der Waals surface area (Å²) in [5, 5.41) is -0.353. The molecule has 0 radical (unpaired) electrons. The molecule has 1 saturated carbocycles. The summed E-state index contributed by atoms with van der Waals surface area (Å²) in [6.07, 6.45) is 4.48. The lowest BCUT2D eigenvalue weighted by Gasteiger charge is -2.42. The van der Waals surface area contributed by atoms with Crippen LogP contribution in [0.3, 0.4) is 0 Å². The number of ether oxygens (including phenoxy) is 1. The Morgan fingerprint density at radius 1 is 1.59 bits per heavy atom. The summed E-state index contributed by atoms with van der Waals surface area (Å²) in [6, 6.07) is 0. The highest BCUT2D eigenvalue weighted by Crippen LogP contribution is 2.51. The first-order valence-electron chi connectivity index (χ1n) is 6.55. The standard InChI is InChI=1S/C13H22ClNO2/c1-3-11(14)12(16)15-7-10(8-17-2)13(9-15)5-4-6-13/h10-11H,3-9H2,1-2H3. The molecule has 0 bridgehead atoms. The van der Waals surface area contributed by atoms with Gasteiger partial charge >= 0.3 is 0 Å².